The zero-order valence-corrected chi connectivity index (χ0v) is 17.6. The molecular weight excluding hydrogens is 398 g/mol. The van der Waals surface area contributed by atoms with Gasteiger partial charge in [-0.25, -0.2) is 4.79 Å². The molecule has 1 aliphatic carbocycles. The highest BCUT2D eigenvalue weighted by molar-refractivity contribution is 8.04. The first-order valence-electron chi connectivity index (χ1n) is 9.81. The molecule has 0 aromatic carbocycles. The van der Waals surface area contributed by atoms with E-state index in [1.54, 1.807) is 23.6 Å². The summed E-state index contributed by atoms with van der Waals surface area (Å²) < 4.78 is 7.25. The molecule has 0 bridgehead atoms. The van der Waals surface area contributed by atoms with Gasteiger partial charge in [-0.3, -0.25) is 9.36 Å². The van der Waals surface area contributed by atoms with Gasteiger partial charge in [0.2, 0.25) is 11.9 Å². The summed E-state index contributed by atoms with van der Waals surface area (Å²) in [5.41, 5.74) is 0. The Hall–Kier alpha value is -1.68. The van der Waals surface area contributed by atoms with E-state index in [-0.39, 0.29) is 5.91 Å². The van der Waals surface area contributed by atoms with Crippen LogP contribution in [0.5, 0.6) is 0 Å². The smallest absolute Gasteiger partial charge is 0.333 e. The van der Waals surface area contributed by atoms with E-state index in [1.807, 2.05) is 0 Å². The van der Waals surface area contributed by atoms with E-state index in [1.165, 1.54) is 43.5 Å². The predicted octanol–water partition coefficient (Wildman–Crippen LogP) is 2.29. The van der Waals surface area contributed by atoms with Crippen LogP contribution < -0.4 is 4.90 Å². The summed E-state index contributed by atoms with van der Waals surface area (Å²) in [7, 11) is 0. The highest BCUT2D eigenvalue weighted by Gasteiger charge is 2.33. The molecule has 1 aromatic heterocycles. The van der Waals surface area contributed by atoms with Gasteiger partial charge in [-0.15, -0.1) is 10.2 Å². The van der Waals surface area contributed by atoms with Crippen LogP contribution in [0.15, 0.2) is 16.3 Å². The van der Waals surface area contributed by atoms with Crippen LogP contribution in [-0.4, -0.2) is 69.3 Å². The van der Waals surface area contributed by atoms with E-state index in [9.17, 15) is 9.59 Å². The van der Waals surface area contributed by atoms with Gasteiger partial charge in [0.25, 0.3) is 0 Å². The Labute approximate surface area is 173 Å². The van der Waals surface area contributed by atoms with Gasteiger partial charge in [-0.1, -0.05) is 23.5 Å². The summed E-state index contributed by atoms with van der Waals surface area (Å²) in [6.45, 7) is 4.74. The molecule has 1 amide bonds. The summed E-state index contributed by atoms with van der Waals surface area (Å²) >= 11 is 3.02. The quantitative estimate of drug-likeness (QED) is 0.358. The number of nitrogens with zero attached hydrogens (tertiary/aromatic N) is 5. The molecule has 3 fully saturated rings. The molecule has 2 aliphatic heterocycles. The Morgan fingerprint density at radius 2 is 2.11 bits per heavy atom. The number of thioether (sulfide) groups is 2. The summed E-state index contributed by atoms with van der Waals surface area (Å²) in [5, 5.41) is 10.5. The number of carbonyl (C=O) groups is 2. The Morgan fingerprint density at radius 3 is 2.82 bits per heavy atom. The van der Waals surface area contributed by atoms with Gasteiger partial charge in [0, 0.05) is 31.4 Å². The molecule has 3 heterocycles. The summed E-state index contributed by atoms with van der Waals surface area (Å²) in [5.74, 6) is 1.70. The fourth-order valence-electron chi connectivity index (χ4n) is 3.43. The minimum absolute atomic E-state index is 0.0302. The maximum atomic E-state index is 12.2. The normalized spacial score (nSPS) is 21.2. The second kappa shape index (κ2) is 8.77. The average molecular weight is 424 g/mol. The van der Waals surface area contributed by atoms with Crippen LogP contribution in [0.4, 0.5) is 5.95 Å². The van der Waals surface area contributed by atoms with Crippen molar-refractivity contribution < 1.29 is 14.3 Å². The van der Waals surface area contributed by atoms with E-state index in [4.69, 9.17) is 4.74 Å². The Kier molecular flexibility index (Phi) is 6.15. The van der Waals surface area contributed by atoms with Gasteiger partial charge in [0.1, 0.15) is 0 Å². The monoisotopic (exact) mass is 423 g/mol. The van der Waals surface area contributed by atoms with Crippen LogP contribution in [0.25, 0.3) is 0 Å². The Morgan fingerprint density at radius 1 is 1.32 bits per heavy atom. The molecule has 4 rings (SSSR count). The first kappa shape index (κ1) is 19.6. The number of hydrogen-bond donors (Lipinski definition) is 0. The van der Waals surface area contributed by atoms with E-state index >= 15 is 0 Å². The molecule has 3 aliphatic rings. The van der Waals surface area contributed by atoms with Crippen LogP contribution in [-0.2, 0) is 14.3 Å². The number of esters is 1. The van der Waals surface area contributed by atoms with Crippen molar-refractivity contribution in [3.05, 3.63) is 11.1 Å². The zero-order chi connectivity index (χ0) is 19.5. The highest BCUT2D eigenvalue weighted by Crippen LogP contribution is 2.41. The van der Waals surface area contributed by atoms with E-state index in [2.05, 4.69) is 19.7 Å². The molecule has 10 heteroatoms. The van der Waals surface area contributed by atoms with Gasteiger partial charge in [0.05, 0.1) is 23.5 Å². The molecule has 0 spiro atoms. The minimum atomic E-state index is -0.402. The maximum absolute atomic E-state index is 12.2. The topological polar surface area (TPSA) is 80.6 Å². The van der Waals surface area contributed by atoms with Crippen LogP contribution in [0, 0.1) is 0 Å². The number of rotatable bonds is 8. The third kappa shape index (κ3) is 4.32. The largest absolute Gasteiger partial charge is 0.463 e. The number of hydrogen-bond acceptors (Lipinski definition) is 8. The molecule has 0 atom stereocenters. The Balaban J connectivity index is 1.39. The molecule has 0 unspecified atom stereocenters. The number of ether oxygens (including phenoxy) is 1. The lowest BCUT2D eigenvalue weighted by molar-refractivity contribution is -0.137. The van der Waals surface area contributed by atoms with Crippen molar-refractivity contribution in [1.82, 2.24) is 19.7 Å². The second-order valence-electron chi connectivity index (χ2n) is 7.00. The minimum Gasteiger partial charge on any atom is -0.463 e. The van der Waals surface area contributed by atoms with Crippen molar-refractivity contribution in [3.8, 4) is 0 Å². The highest BCUT2D eigenvalue weighted by atomic mass is 32.2. The maximum Gasteiger partial charge on any atom is 0.333 e. The Bertz CT molecular complexity index is 771. The van der Waals surface area contributed by atoms with E-state index in [0.717, 1.165) is 24.2 Å². The second-order valence-corrected chi connectivity index (χ2v) is 9.05. The van der Waals surface area contributed by atoms with E-state index in [0.29, 0.717) is 35.7 Å². The molecule has 152 valence electrons. The fourth-order valence-corrected chi connectivity index (χ4v) is 5.32. The summed E-state index contributed by atoms with van der Waals surface area (Å²) in [6.07, 6.45) is 6.21. The fraction of sp³-hybridized carbons (Fsp3) is 0.667. The van der Waals surface area contributed by atoms with Gasteiger partial charge in [-0.05, 0) is 32.6 Å². The SMILES string of the molecule is CCOC(=O)C=C1SCC(=O)N1CCSc1nnc(N2CCCC2)n1C1CC1. The predicted molar refractivity (Wildman–Crippen MR) is 109 cm³/mol. The summed E-state index contributed by atoms with van der Waals surface area (Å²) in [4.78, 5) is 27.9. The van der Waals surface area contributed by atoms with E-state index < -0.39 is 5.97 Å². The van der Waals surface area contributed by atoms with Crippen LogP contribution >= 0.6 is 23.5 Å². The van der Waals surface area contributed by atoms with Crippen molar-refractivity contribution in [2.75, 3.05) is 42.6 Å². The zero-order valence-electron chi connectivity index (χ0n) is 16.0. The molecule has 0 N–H and O–H groups in total. The van der Waals surface area contributed by atoms with Gasteiger partial charge < -0.3 is 14.5 Å². The van der Waals surface area contributed by atoms with Crippen molar-refractivity contribution in [1.29, 1.82) is 0 Å². The third-order valence-corrected chi connectivity index (χ3v) is 6.88. The molecular formula is C18H25N5O3S2. The molecule has 28 heavy (non-hydrogen) atoms. The standard InChI is InChI=1S/C18H25N5O3S2/c1-2-26-16(25)11-15-22(14(24)12-28-15)9-10-27-18-20-19-17(21-7-3-4-8-21)23(18)13-5-6-13/h11,13H,2-10,12H2,1H3. The number of aromatic nitrogens is 3. The molecule has 8 nitrogen and oxygen atoms in total. The third-order valence-electron chi connectivity index (χ3n) is 4.93. The number of anilines is 1. The van der Waals surface area contributed by atoms with Crippen LogP contribution in [0.3, 0.4) is 0 Å². The molecule has 0 radical (unpaired) electrons. The lowest BCUT2D eigenvalue weighted by Gasteiger charge is -2.19. The van der Waals surface area contributed by atoms with Crippen LogP contribution in [0.2, 0.25) is 0 Å². The number of amides is 1. The first-order chi connectivity index (χ1) is 13.7. The molecule has 1 aromatic rings. The van der Waals surface area contributed by atoms with Crippen molar-refractivity contribution in [3.63, 3.8) is 0 Å². The molecule has 1 saturated carbocycles. The molecule has 2 saturated heterocycles. The first-order valence-corrected chi connectivity index (χ1v) is 11.8. The van der Waals surface area contributed by atoms with Gasteiger partial charge in [-0.2, -0.15) is 0 Å². The number of carbonyl (C=O) groups excluding carboxylic acids is 2. The van der Waals surface area contributed by atoms with Crippen molar-refractivity contribution in [2.45, 2.75) is 43.8 Å². The lowest BCUT2D eigenvalue weighted by Crippen LogP contribution is -2.27. The summed E-state index contributed by atoms with van der Waals surface area (Å²) in [6, 6.07) is 0.511. The van der Waals surface area contributed by atoms with Gasteiger partial charge >= 0.3 is 5.97 Å². The average Bonchev–Trinajstić information content (AvgIpc) is 3.05. The van der Waals surface area contributed by atoms with Crippen LogP contribution in [0.1, 0.15) is 38.6 Å². The van der Waals surface area contributed by atoms with Crippen molar-refractivity contribution in [2.24, 2.45) is 0 Å². The van der Waals surface area contributed by atoms with Gasteiger partial charge in [0.15, 0.2) is 5.16 Å². The lowest BCUT2D eigenvalue weighted by atomic mass is 10.4. The van der Waals surface area contributed by atoms with Crippen molar-refractivity contribution >= 4 is 41.3 Å².